The second-order valence-electron chi connectivity index (χ2n) is 7.03. The maximum Gasteiger partial charge on any atom is 0.416 e. The molecule has 2 heterocycles. The lowest BCUT2D eigenvalue weighted by molar-refractivity contribution is -0.137. The molecule has 0 aliphatic heterocycles. The molecule has 4 aromatic rings. The van der Waals surface area contributed by atoms with Crippen LogP contribution >= 0.6 is 0 Å². The van der Waals surface area contributed by atoms with Crippen molar-refractivity contribution < 1.29 is 13.2 Å². The summed E-state index contributed by atoms with van der Waals surface area (Å²) in [7, 11) is 0. The van der Waals surface area contributed by atoms with Crippen LogP contribution in [0.25, 0.3) is 22.6 Å². The van der Waals surface area contributed by atoms with Gasteiger partial charge >= 0.3 is 6.18 Å². The van der Waals surface area contributed by atoms with Gasteiger partial charge in [0.1, 0.15) is 0 Å². The molecule has 2 aromatic heterocycles. The Bertz CT molecular complexity index is 1120. The van der Waals surface area contributed by atoms with Crippen molar-refractivity contribution in [3.8, 4) is 22.6 Å². The van der Waals surface area contributed by atoms with Crippen LogP contribution in [0.3, 0.4) is 0 Å². The highest BCUT2D eigenvalue weighted by Crippen LogP contribution is 2.34. The van der Waals surface area contributed by atoms with Gasteiger partial charge in [0.15, 0.2) is 0 Å². The average Bonchev–Trinajstić information content (AvgIpc) is 2.78. The number of aryl methyl sites for hydroxylation is 2. The highest BCUT2D eigenvalue weighted by molar-refractivity contribution is 5.65. The molecule has 0 bridgehead atoms. The predicted molar refractivity (Wildman–Crippen MR) is 112 cm³/mol. The highest BCUT2D eigenvalue weighted by atomic mass is 19.4. The Labute approximate surface area is 173 Å². The van der Waals surface area contributed by atoms with Gasteiger partial charge in [0.25, 0.3) is 0 Å². The summed E-state index contributed by atoms with van der Waals surface area (Å²) in [5.41, 5.74) is 3.30. The Balaban J connectivity index is 1.70. The van der Waals surface area contributed by atoms with Crippen molar-refractivity contribution in [1.29, 1.82) is 0 Å². The van der Waals surface area contributed by atoms with E-state index in [1.54, 1.807) is 36.5 Å². The van der Waals surface area contributed by atoms with E-state index < -0.39 is 11.7 Å². The first-order chi connectivity index (χ1) is 14.5. The molecule has 5 heteroatoms. The topological polar surface area (TPSA) is 25.8 Å². The lowest BCUT2D eigenvalue weighted by Crippen LogP contribution is -2.07. The molecule has 2 aromatic carbocycles. The average molecular weight is 404 g/mol. The number of hydrogen-bond donors (Lipinski definition) is 0. The van der Waals surface area contributed by atoms with Crippen LogP contribution in [-0.4, -0.2) is 9.97 Å². The summed E-state index contributed by atoms with van der Waals surface area (Å²) in [6.45, 7) is 0. The molecule has 0 aliphatic carbocycles. The minimum atomic E-state index is -4.42. The van der Waals surface area contributed by atoms with E-state index in [9.17, 15) is 13.2 Å². The number of aromatic nitrogens is 2. The highest BCUT2D eigenvalue weighted by Gasteiger charge is 2.31. The smallest absolute Gasteiger partial charge is 0.255 e. The molecule has 0 unspecified atom stereocenters. The Morgan fingerprint density at radius 2 is 1.33 bits per heavy atom. The zero-order valence-corrected chi connectivity index (χ0v) is 16.1. The molecule has 0 saturated carbocycles. The van der Waals surface area contributed by atoms with Crippen LogP contribution in [0, 0.1) is 0 Å². The number of pyridine rings is 2. The third-order valence-electron chi connectivity index (χ3n) is 4.84. The molecular formula is C25H19F3N2. The fourth-order valence-electron chi connectivity index (χ4n) is 3.33. The van der Waals surface area contributed by atoms with E-state index in [-0.39, 0.29) is 0 Å². The quantitative estimate of drug-likeness (QED) is 0.374. The van der Waals surface area contributed by atoms with Crippen LogP contribution in [-0.2, 0) is 19.0 Å². The van der Waals surface area contributed by atoms with Crippen LogP contribution in [0.1, 0.15) is 16.7 Å². The first kappa shape index (κ1) is 19.8. The zero-order chi connectivity index (χ0) is 21.0. The summed E-state index contributed by atoms with van der Waals surface area (Å²) >= 11 is 0. The number of nitrogens with zero attached hydrogens (tertiary/aromatic N) is 2. The number of benzene rings is 2. The van der Waals surface area contributed by atoms with Crippen LogP contribution in [0.15, 0.2) is 91.1 Å². The number of halogens is 3. The van der Waals surface area contributed by atoms with Gasteiger partial charge < -0.3 is 0 Å². The fraction of sp³-hybridized carbons (Fsp3) is 0.120. The van der Waals surface area contributed by atoms with Gasteiger partial charge in [0.2, 0.25) is 0 Å². The lowest BCUT2D eigenvalue weighted by atomic mass is 9.98. The molecule has 0 atom stereocenters. The van der Waals surface area contributed by atoms with Crippen molar-refractivity contribution in [1.82, 2.24) is 9.97 Å². The van der Waals surface area contributed by atoms with Gasteiger partial charge in [-0.1, -0.05) is 42.5 Å². The maximum atomic E-state index is 13.5. The summed E-state index contributed by atoms with van der Waals surface area (Å²) in [4.78, 5) is 8.84. The molecule has 4 rings (SSSR count). The normalized spacial score (nSPS) is 11.4. The molecule has 0 spiro atoms. The largest absolute Gasteiger partial charge is 0.416 e. The van der Waals surface area contributed by atoms with Gasteiger partial charge in [-0.15, -0.1) is 0 Å². The minimum Gasteiger partial charge on any atom is -0.255 e. The van der Waals surface area contributed by atoms with Crippen molar-refractivity contribution in [2.45, 2.75) is 19.0 Å². The molecule has 0 radical (unpaired) electrons. The van der Waals surface area contributed by atoms with Crippen molar-refractivity contribution in [2.24, 2.45) is 0 Å². The molecule has 0 fully saturated rings. The Morgan fingerprint density at radius 3 is 2.07 bits per heavy atom. The van der Waals surface area contributed by atoms with Crippen LogP contribution in [0.4, 0.5) is 13.2 Å². The van der Waals surface area contributed by atoms with Crippen molar-refractivity contribution in [3.05, 3.63) is 108 Å². The van der Waals surface area contributed by atoms with Gasteiger partial charge in [-0.25, -0.2) is 4.98 Å². The number of alkyl halides is 3. The van der Waals surface area contributed by atoms with E-state index in [0.717, 1.165) is 11.6 Å². The number of hydrogen-bond acceptors (Lipinski definition) is 2. The van der Waals surface area contributed by atoms with Gasteiger partial charge in [-0.3, -0.25) is 4.98 Å². The molecule has 0 aliphatic rings. The third-order valence-corrected chi connectivity index (χ3v) is 4.84. The fourth-order valence-corrected chi connectivity index (χ4v) is 3.33. The predicted octanol–water partition coefficient (Wildman–Crippen LogP) is 6.61. The van der Waals surface area contributed by atoms with Gasteiger partial charge in [-0.2, -0.15) is 13.2 Å². The third kappa shape index (κ3) is 4.74. The van der Waals surface area contributed by atoms with Crippen molar-refractivity contribution in [2.75, 3.05) is 0 Å². The van der Waals surface area contributed by atoms with Crippen LogP contribution < -0.4 is 0 Å². The molecular weight excluding hydrogens is 385 g/mol. The standard InChI is InChI=1S/C25H19F3N2/c26-25(27,28)21-16-19(13-12-18-7-2-1-3-8-18)15-20(17-21)22-10-6-11-24(30-22)23-9-4-5-14-29-23/h1-11,14-17H,12-13H2. The second-order valence-corrected chi connectivity index (χ2v) is 7.03. The second kappa shape index (κ2) is 8.49. The first-order valence-electron chi connectivity index (χ1n) is 9.63. The lowest BCUT2D eigenvalue weighted by Gasteiger charge is -2.13. The monoisotopic (exact) mass is 404 g/mol. The van der Waals surface area contributed by atoms with E-state index >= 15 is 0 Å². The van der Waals surface area contributed by atoms with Gasteiger partial charge in [0.05, 0.1) is 22.6 Å². The molecule has 2 nitrogen and oxygen atoms in total. The molecule has 0 N–H and O–H groups in total. The first-order valence-corrected chi connectivity index (χ1v) is 9.63. The SMILES string of the molecule is FC(F)(F)c1cc(CCc2ccccc2)cc(-c2cccc(-c3ccccn3)n2)c1. The summed E-state index contributed by atoms with van der Waals surface area (Å²) in [6, 6.07) is 24.7. The van der Waals surface area contributed by atoms with Crippen molar-refractivity contribution in [3.63, 3.8) is 0 Å². The van der Waals surface area contributed by atoms with Gasteiger partial charge in [-0.05, 0) is 66.4 Å². The molecule has 30 heavy (non-hydrogen) atoms. The molecule has 0 amide bonds. The van der Waals surface area contributed by atoms with E-state index in [4.69, 9.17) is 0 Å². The molecule has 0 saturated heterocycles. The summed E-state index contributed by atoms with van der Waals surface area (Å²) < 4.78 is 40.6. The Kier molecular flexibility index (Phi) is 5.61. The Morgan fingerprint density at radius 1 is 0.633 bits per heavy atom. The zero-order valence-electron chi connectivity index (χ0n) is 16.1. The summed E-state index contributed by atoms with van der Waals surface area (Å²) in [5, 5.41) is 0. The summed E-state index contributed by atoms with van der Waals surface area (Å²) in [5.74, 6) is 0. The maximum absolute atomic E-state index is 13.5. The van der Waals surface area contributed by atoms with E-state index in [1.807, 2.05) is 42.5 Å². The molecule has 150 valence electrons. The van der Waals surface area contributed by atoms with E-state index in [1.165, 1.54) is 6.07 Å². The van der Waals surface area contributed by atoms with Crippen LogP contribution in [0.2, 0.25) is 0 Å². The number of rotatable bonds is 5. The Hall–Kier alpha value is -3.47. The van der Waals surface area contributed by atoms with E-state index in [0.29, 0.717) is 41.1 Å². The summed E-state index contributed by atoms with van der Waals surface area (Å²) in [6.07, 6.45) is -1.57. The van der Waals surface area contributed by atoms with Crippen LogP contribution in [0.5, 0.6) is 0 Å². The van der Waals surface area contributed by atoms with Gasteiger partial charge in [0, 0.05) is 11.8 Å². The van der Waals surface area contributed by atoms with Crippen molar-refractivity contribution >= 4 is 0 Å². The van der Waals surface area contributed by atoms with E-state index in [2.05, 4.69) is 9.97 Å². The minimum absolute atomic E-state index is 0.450.